The molecule has 1 amide bonds. The number of aliphatic hydroxyl groups is 2. The first-order chi connectivity index (χ1) is 7.04. The van der Waals surface area contributed by atoms with E-state index in [0.717, 1.165) is 32.1 Å². The number of carbonyl (C=O) groups is 1. The maximum absolute atomic E-state index is 11.7. The highest BCUT2D eigenvalue weighted by atomic mass is 16.3. The molecule has 15 heavy (non-hydrogen) atoms. The molecule has 0 aromatic rings. The second kappa shape index (κ2) is 3.76. The van der Waals surface area contributed by atoms with Crippen LogP contribution in [0.4, 0.5) is 0 Å². The van der Waals surface area contributed by atoms with Crippen LogP contribution in [0, 0.1) is 0 Å². The lowest BCUT2D eigenvalue weighted by atomic mass is 9.80. The third-order valence-electron chi connectivity index (χ3n) is 3.72. The van der Waals surface area contributed by atoms with Gasteiger partial charge in [0.05, 0.1) is 5.60 Å². The van der Waals surface area contributed by atoms with Crippen molar-refractivity contribution in [2.24, 2.45) is 0 Å². The van der Waals surface area contributed by atoms with Gasteiger partial charge in [-0.15, -0.1) is 0 Å². The van der Waals surface area contributed by atoms with Crippen LogP contribution in [0.5, 0.6) is 0 Å². The van der Waals surface area contributed by atoms with Crippen LogP contribution in [0.25, 0.3) is 0 Å². The van der Waals surface area contributed by atoms with Crippen LogP contribution in [0.2, 0.25) is 0 Å². The monoisotopic (exact) mass is 213 g/mol. The molecule has 0 aromatic carbocycles. The topological polar surface area (TPSA) is 69.6 Å². The van der Waals surface area contributed by atoms with Crippen molar-refractivity contribution in [2.75, 3.05) is 6.54 Å². The van der Waals surface area contributed by atoms with Crippen LogP contribution in [-0.4, -0.2) is 33.9 Å². The van der Waals surface area contributed by atoms with Crippen molar-refractivity contribution in [1.82, 2.24) is 5.32 Å². The molecule has 0 spiro atoms. The van der Waals surface area contributed by atoms with Crippen LogP contribution < -0.4 is 5.32 Å². The normalized spacial score (nSPS) is 27.1. The average molecular weight is 213 g/mol. The Labute approximate surface area is 89.7 Å². The van der Waals surface area contributed by atoms with E-state index in [1.54, 1.807) is 0 Å². The summed E-state index contributed by atoms with van der Waals surface area (Å²) in [7, 11) is 0. The highest BCUT2D eigenvalue weighted by Gasteiger charge is 2.41. The summed E-state index contributed by atoms with van der Waals surface area (Å²) in [5.41, 5.74) is -1.87. The second-order valence-corrected chi connectivity index (χ2v) is 5.00. The van der Waals surface area contributed by atoms with Crippen molar-refractivity contribution in [3.8, 4) is 0 Å². The molecule has 2 fully saturated rings. The molecular formula is C11H19NO3. The van der Waals surface area contributed by atoms with Gasteiger partial charge in [0.1, 0.15) is 5.60 Å². The SMILES string of the molecule is O=C(NCC1(O)CCC1)C1(O)CCCC1. The third kappa shape index (κ3) is 2.16. The highest BCUT2D eigenvalue weighted by Crippen LogP contribution is 2.32. The Hall–Kier alpha value is -0.610. The third-order valence-corrected chi connectivity index (χ3v) is 3.72. The first-order valence-corrected chi connectivity index (χ1v) is 5.77. The molecule has 0 saturated heterocycles. The Morgan fingerprint density at radius 3 is 2.13 bits per heavy atom. The van der Waals surface area contributed by atoms with Gasteiger partial charge in [0, 0.05) is 6.54 Å². The fraction of sp³-hybridized carbons (Fsp3) is 0.909. The van der Waals surface area contributed by atoms with Crippen molar-refractivity contribution < 1.29 is 15.0 Å². The first-order valence-electron chi connectivity index (χ1n) is 5.77. The van der Waals surface area contributed by atoms with E-state index in [0.29, 0.717) is 12.8 Å². The smallest absolute Gasteiger partial charge is 0.252 e. The van der Waals surface area contributed by atoms with Gasteiger partial charge in [0.25, 0.3) is 5.91 Å². The maximum atomic E-state index is 11.7. The average Bonchev–Trinajstić information content (AvgIpc) is 2.60. The van der Waals surface area contributed by atoms with Crippen molar-refractivity contribution >= 4 is 5.91 Å². The highest BCUT2D eigenvalue weighted by molar-refractivity contribution is 5.85. The maximum Gasteiger partial charge on any atom is 0.252 e. The number of rotatable bonds is 3. The lowest BCUT2D eigenvalue weighted by molar-refractivity contribution is -0.141. The van der Waals surface area contributed by atoms with Gasteiger partial charge in [0.15, 0.2) is 0 Å². The number of hydrogen-bond donors (Lipinski definition) is 3. The Kier molecular flexibility index (Phi) is 2.73. The zero-order valence-electron chi connectivity index (χ0n) is 8.96. The molecule has 0 aromatic heterocycles. The fourth-order valence-electron chi connectivity index (χ4n) is 2.36. The minimum absolute atomic E-state index is 0.286. The molecular weight excluding hydrogens is 194 g/mol. The van der Waals surface area contributed by atoms with Gasteiger partial charge >= 0.3 is 0 Å². The van der Waals surface area contributed by atoms with Crippen molar-refractivity contribution in [1.29, 1.82) is 0 Å². The minimum atomic E-state index is -1.17. The molecule has 2 rings (SSSR count). The summed E-state index contributed by atoms with van der Waals surface area (Å²) in [4.78, 5) is 11.7. The molecule has 2 aliphatic carbocycles. The minimum Gasteiger partial charge on any atom is -0.388 e. The number of hydrogen-bond acceptors (Lipinski definition) is 3. The van der Waals surface area contributed by atoms with Crippen molar-refractivity contribution in [2.45, 2.75) is 56.1 Å². The molecule has 0 atom stereocenters. The van der Waals surface area contributed by atoms with E-state index in [4.69, 9.17) is 0 Å². The zero-order valence-corrected chi connectivity index (χ0v) is 8.96. The summed E-state index contributed by atoms with van der Waals surface area (Å²) in [5, 5.41) is 22.4. The van der Waals surface area contributed by atoms with Gasteiger partial charge in [-0.1, -0.05) is 0 Å². The fourth-order valence-corrected chi connectivity index (χ4v) is 2.36. The predicted molar refractivity (Wildman–Crippen MR) is 55.2 cm³/mol. The van der Waals surface area contributed by atoms with Crippen LogP contribution in [0.3, 0.4) is 0 Å². The summed E-state index contributed by atoms with van der Waals surface area (Å²) < 4.78 is 0. The first kappa shape index (κ1) is 10.9. The van der Waals surface area contributed by atoms with E-state index in [1.807, 2.05) is 0 Å². The van der Waals surface area contributed by atoms with Gasteiger partial charge < -0.3 is 15.5 Å². The second-order valence-electron chi connectivity index (χ2n) is 5.00. The standard InChI is InChI=1S/C11H19NO3/c13-9(11(15)6-1-2-7-11)12-8-10(14)4-3-5-10/h14-15H,1-8H2,(H,12,13). The molecule has 0 aliphatic heterocycles. The largest absolute Gasteiger partial charge is 0.388 e. The van der Waals surface area contributed by atoms with Gasteiger partial charge in [-0.3, -0.25) is 4.79 Å². The van der Waals surface area contributed by atoms with E-state index in [-0.39, 0.29) is 12.5 Å². The molecule has 4 nitrogen and oxygen atoms in total. The summed E-state index contributed by atoms with van der Waals surface area (Å²) >= 11 is 0. The number of carbonyl (C=O) groups excluding carboxylic acids is 1. The van der Waals surface area contributed by atoms with Crippen LogP contribution in [0.15, 0.2) is 0 Å². The van der Waals surface area contributed by atoms with Gasteiger partial charge in [0.2, 0.25) is 0 Å². The van der Waals surface area contributed by atoms with E-state index >= 15 is 0 Å². The lowest BCUT2D eigenvalue weighted by Crippen LogP contribution is -2.53. The summed E-state index contributed by atoms with van der Waals surface area (Å²) in [6.07, 6.45) is 5.46. The summed E-state index contributed by atoms with van der Waals surface area (Å²) in [6, 6.07) is 0. The van der Waals surface area contributed by atoms with E-state index in [2.05, 4.69) is 5.32 Å². The van der Waals surface area contributed by atoms with E-state index in [1.165, 1.54) is 0 Å². The molecule has 0 radical (unpaired) electrons. The molecule has 3 N–H and O–H groups in total. The van der Waals surface area contributed by atoms with Crippen LogP contribution >= 0.6 is 0 Å². The van der Waals surface area contributed by atoms with Crippen molar-refractivity contribution in [3.05, 3.63) is 0 Å². The molecule has 0 bridgehead atoms. The van der Waals surface area contributed by atoms with Crippen LogP contribution in [0.1, 0.15) is 44.9 Å². The Balaban J connectivity index is 1.81. The summed E-state index contributed by atoms with van der Waals surface area (Å²) in [5.74, 6) is -0.305. The lowest BCUT2D eigenvalue weighted by Gasteiger charge is -2.37. The Morgan fingerprint density at radius 2 is 1.67 bits per heavy atom. The van der Waals surface area contributed by atoms with Gasteiger partial charge in [-0.05, 0) is 44.9 Å². The molecule has 86 valence electrons. The molecule has 0 heterocycles. The number of nitrogens with one attached hydrogen (secondary N) is 1. The number of amides is 1. The zero-order chi connectivity index (χ0) is 10.9. The molecule has 2 saturated carbocycles. The summed E-state index contributed by atoms with van der Waals surface area (Å²) in [6.45, 7) is 0.286. The van der Waals surface area contributed by atoms with E-state index < -0.39 is 11.2 Å². The Morgan fingerprint density at radius 1 is 1.07 bits per heavy atom. The quantitative estimate of drug-likeness (QED) is 0.632. The van der Waals surface area contributed by atoms with Crippen molar-refractivity contribution in [3.63, 3.8) is 0 Å². The van der Waals surface area contributed by atoms with Gasteiger partial charge in [-0.2, -0.15) is 0 Å². The van der Waals surface area contributed by atoms with E-state index in [9.17, 15) is 15.0 Å². The molecule has 0 unspecified atom stereocenters. The van der Waals surface area contributed by atoms with Crippen LogP contribution in [-0.2, 0) is 4.79 Å². The molecule has 4 heteroatoms. The predicted octanol–water partition coefficient (Wildman–Crippen LogP) is 0.323. The molecule has 2 aliphatic rings. The Bertz CT molecular complexity index is 255. The van der Waals surface area contributed by atoms with Gasteiger partial charge in [-0.25, -0.2) is 0 Å².